The molecule has 0 saturated carbocycles. The molecule has 12 heteroatoms. The molecule has 4 aromatic rings. The molecule has 0 radical (unpaired) electrons. The molecular weight excluding hydrogens is 693 g/mol. The molecule has 2 aliphatic heterocycles. The Morgan fingerprint density at radius 2 is 1.55 bits per heavy atom. The van der Waals surface area contributed by atoms with E-state index in [0.717, 1.165) is 5.56 Å². The predicted octanol–water partition coefficient (Wildman–Crippen LogP) is 7.50. The first-order valence-corrected chi connectivity index (χ1v) is 17.1. The van der Waals surface area contributed by atoms with Gasteiger partial charge >= 0.3 is 11.9 Å². The molecule has 10 nitrogen and oxygen atoms in total. The first kappa shape index (κ1) is 35.9. The number of fused-ring (bicyclic) bond motifs is 2. The molecule has 4 atom stereocenters. The first-order chi connectivity index (χ1) is 24.1. The standard InChI is InChI=1S/C39H37Cl2N3O7/c1-38(2,3)19-31-39(20-44(29-16-14-24(40)18-26(29)39)35(46)21-9-11-22(12-10-21)36(47)48)32(25-7-5-6-8-27(25)41)33(43-31)34(45)42-28-15-13-23(37(49)50)17-30(28)51-4/h5-18,31-33,43H,19-20H2,1-4H3,(H,42,45)(H,47,48)(H,49,50)/t31-,32-,33+,39-/m0/s1. The number of ether oxygens (including phenoxy) is 1. The number of hydrogen-bond donors (Lipinski definition) is 4. The molecule has 6 rings (SSSR count). The van der Waals surface area contributed by atoms with Crippen LogP contribution in [0, 0.1) is 5.41 Å². The zero-order valence-electron chi connectivity index (χ0n) is 28.4. The molecule has 0 aliphatic carbocycles. The third-order valence-corrected chi connectivity index (χ3v) is 10.3. The molecule has 2 amide bonds. The van der Waals surface area contributed by atoms with Gasteiger partial charge < -0.3 is 30.5 Å². The van der Waals surface area contributed by atoms with Gasteiger partial charge in [0.25, 0.3) is 5.91 Å². The Hall–Kier alpha value is -4.90. The maximum atomic E-state index is 14.6. The number of anilines is 2. The number of nitrogens with one attached hydrogen (secondary N) is 2. The lowest BCUT2D eigenvalue weighted by atomic mass is 9.63. The quantitative estimate of drug-likeness (QED) is 0.146. The normalized spacial score (nSPS) is 21.0. The van der Waals surface area contributed by atoms with Crippen molar-refractivity contribution in [1.29, 1.82) is 0 Å². The Morgan fingerprint density at radius 1 is 0.902 bits per heavy atom. The maximum Gasteiger partial charge on any atom is 0.335 e. The van der Waals surface area contributed by atoms with Gasteiger partial charge in [-0.3, -0.25) is 9.59 Å². The summed E-state index contributed by atoms with van der Waals surface area (Å²) in [6.45, 7) is 6.48. The molecule has 2 heterocycles. The minimum atomic E-state index is -1.13. The highest BCUT2D eigenvalue weighted by Crippen LogP contribution is 2.59. The van der Waals surface area contributed by atoms with E-state index in [1.54, 1.807) is 23.1 Å². The minimum absolute atomic E-state index is 0.00350. The fourth-order valence-electron chi connectivity index (χ4n) is 7.58. The SMILES string of the molecule is COc1cc(C(=O)O)ccc1NC(=O)[C@@H]1N[C@@H](CC(C)(C)C)[C@@]2(CN(C(=O)c3ccc(C(=O)O)cc3)c3ccc(Cl)cc32)[C@H]1c1ccccc1Cl. The summed E-state index contributed by atoms with van der Waals surface area (Å²) in [6.07, 6.45) is 0.593. The van der Waals surface area contributed by atoms with E-state index in [2.05, 4.69) is 31.4 Å². The van der Waals surface area contributed by atoms with E-state index in [1.165, 1.54) is 49.6 Å². The highest BCUT2D eigenvalue weighted by molar-refractivity contribution is 6.31. The average molecular weight is 731 g/mol. The minimum Gasteiger partial charge on any atom is -0.495 e. The van der Waals surface area contributed by atoms with Gasteiger partial charge in [0.1, 0.15) is 5.75 Å². The number of halogens is 2. The van der Waals surface area contributed by atoms with Crippen LogP contribution in [0.1, 0.15) is 75.3 Å². The van der Waals surface area contributed by atoms with Crippen LogP contribution in [0.5, 0.6) is 5.75 Å². The number of rotatable bonds is 8. The highest BCUT2D eigenvalue weighted by atomic mass is 35.5. The summed E-state index contributed by atoms with van der Waals surface area (Å²) < 4.78 is 5.46. The summed E-state index contributed by atoms with van der Waals surface area (Å²) in [7, 11) is 1.39. The van der Waals surface area contributed by atoms with Crippen molar-refractivity contribution in [2.24, 2.45) is 5.41 Å². The second-order valence-corrected chi connectivity index (χ2v) is 15.0. The van der Waals surface area contributed by atoms with E-state index < -0.39 is 35.2 Å². The van der Waals surface area contributed by atoms with Gasteiger partial charge in [0.15, 0.2) is 0 Å². The molecular formula is C39H37Cl2N3O7. The Balaban J connectivity index is 1.53. The van der Waals surface area contributed by atoms with Gasteiger partial charge in [-0.05, 0) is 89.7 Å². The third kappa shape index (κ3) is 6.67. The molecule has 0 aromatic heterocycles. The molecule has 0 bridgehead atoms. The molecule has 1 saturated heterocycles. The van der Waals surface area contributed by atoms with Crippen LogP contribution in [0.15, 0.2) is 84.9 Å². The van der Waals surface area contributed by atoms with Gasteiger partial charge in [0.05, 0.1) is 30.0 Å². The van der Waals surface area contributed by atoms with Crippen LogP contribution in [0.25, 0.3) is 0 Å². The number of carboxylic acid groups (broad SMARTS) is 2. The molecule has 0 unspecified atom stereocenters. The summed E-state index contributed by atoms with van der Waals surface area (Å²) in [5, 5.41) is 26.5. The molecule has 264 valence electrons. The van der Waals surface area contributed by atoms with Crippen molar-refractivity contribution >= 4 is 58.3 Å². The van der Waals surface area contributed by atoms with E-state index in [1.807, 2.05) is 24.3 Å². The Labute approximate surface area is 305 Å². The van der Waals surface area contributed by atoms with Gasteiger partial charge in [-0.15, -0.1) is 0 Å². The van der Waals surface area contributed by atoms with E-state index >= 15 is 0 Å². The number of methoxy groups -OCH3 is 1. The lowest BCUT2D eigenvalue weighted by Gasteiger charge is -2.40. The summed E-state index contributed by atoms with van der Waals surface area (Å²) >= 11 is 13.7. The smallest absolute Gasteiger partial charge is 0.335 e. The number of hydrogen-bond acceptors (Lipinski definition) is 6. The van der Waals surface area contributed by atoms with Crippen LogP contribution in [-0.2, 0) is 10.2 Å². The largest absolute Gasteiger partial charge is 0.495 e. The van der Waals surface area contributed by atoms with Gasteiger partial charge in [-0.1, -0.05) is 62.2 Å². The van der Waals surface area contributed by atoms with Crippen LogP contribution >= 0.6 is 23.2 Å². The van der Waals surface area contributed by atoms with Crippen molar-refractivity contribution in [2.45, 2.75) is 50.6 Å². The molecule has 51 heavy (non-hydrogen) atoms. The van der Waals surface area contributed by atoms with Crippen molar-refractivity contribution in [2.75, 3.05) is 23.9 Å². The van der Waals surface area contributed by atoms with Gasteiger partial charge in [0.2, 0.25) is 5.91 Å². The zero-order chi connectivity index (χ0) is 36.8. The summed E-state index contributed by atoms with van der Waals surface area (Å²) in [5.41, 5.74) is 1.57. The first-order valence-electron chi connectivity index (χ1n) is 16.3. The number of nitrogens with zero attached hydrogens (tertiary/aromatic N) is 1. The predicted molar refractivity (Wildman–Crippen MR) is 196 cm³/mol. The second-order valence-electron chi connectivity index (χ2n) is 14.1. The summed E-state index contributed by atoms with van der Waals surface area (Å²) in [4.78, 5) is 53.9. The van der Waals surface area contributed by atoms with Crippen LogP contribution in [-0.4, -0.2) is 59.7 Å². The summed E-state index contributed by atoms with van der Waals surface area (Å²) in [5.74, 6) is -3.43. The van der Waals surface area contributed by atoms with E-state index in [-0.39, 0.29) is 46.5 Å². The van der Waals surface area contributed by atoms with Crippen LogP contribution in [0.4, 0.5) is 11.4 Å². The fourth-order valence-corrected chi connectivity index (χ4v) is 8.01. The number of carbonyl (C=O) groups excluding carboxylic acids is 2. The van der Waals surface area contributed by atoms with Crippen molar-refractivity contribution < 1.29 is 34.1 Å². The molecule has 4 aromatic carbocycles. The second kappa shape index (κ2) is 13.7. The number of carbonyl (C=O) groups is 4. The maximum absolute atomic E-state index is 14.6. The fraction of sp³-hybridized carbons (Fsp3) is 0.282. The Morgan fingerprint density at radius 3 is 2.18 bits per heavy atom. The van der Waals surface area contributed by atoms with E-state index in [9.17, 15) is 29.4 Å². The lowest BCUT2D eigenvalue weighted by molar-refractivity contribution is -0.118. The van der Waals surface area contributed by atoms with Crippen LogP contribution in [0.2, 0.25) is 10.0 Å². The number of benzene rings is 4. The van der Waals surface area contributed by atoms with Crippen molar-refractivity contribution in [3.8, 4) is 5.75 Å². The number of amides is 2. The van der Waals surface area contributed by atoms with Gasteiger partial charge in [-0.25, -0.2) is 9.59 Å². The monoisotopic (exact) mass is 729 g/mol. The molecule has 2 aliphatic rings. The lowest BCUT2D eigenvalue weighted by Crippen LogP contribution is -2.49. The Bertz CT molecular complexity index is 2050. The molecule has 1 fully saturated rings. The van der Waals surface area contributed by atoms with Crippen molar-refractivity contribution in [3.05, 3.63) is 123 Å². The van der Waals surface area contributed by atoms with Crippen molar-refractivity contribution in [3.63, 3.8) is 0 Å². The molecule has 4 N–H and O–H groups in total. The van der Waals surface area contributed by atoms with Gasteiger partial charge in [0, 0.05) is 45.2 Å². The van der Waals surface area contributed by atoms with Gasteiger partial charge in [-0.2, -0.15) is 0 Å². The van der Waals surface area contributed by atoms with Crippen LogP contribution in [0.3, 0.4) is 0 Å². The topological polar surface area (TPSA) is 145 Å². The zero-order valence-corrected chi connectivity index (χ0v) is 29.9. The average Bonchev–Trinajstić information content (AvgIpc) is 3.58. The van der Waals surface area contributed by atoms with E-state index in [0.29, 0.717) is 33.3 Å². The Kier molecular flexibility index (Phi) is 9.63. The van der Waals surface area contributed by atoms with Crippen molar-refractivity contribution in [1.82, 2.24) is 5.32 Å². The highest BCUT2D eigenvalue weighted by Gasteiger charge is 2.63. The van der Waals surface area contributed by atoms with E-state index in [4.69, 9.17) is 27.9 Å². The number of aromatic carboxylic acids is 2. The van der Waals surface area contributed by atoms with Crippen LogP contribution < -0.4 is 20.3 Å². The number of carboxylic acids is 2. The summed E-state index contributed by atoms with van der Waals surface area (Å²) in [6, 6.07) is 21.4. The molecule has 1 spiro atoms. The third-order valence-electron chi connectivity index (χ3n) is 9.73.